The first-order chi connectivity index (χ1) is 11.2. The maximum atomic E-state index is 12.4. The lowest BCUT2D eigenvalue weighted by Gasteiger charge is -2.13. The van der Waals surface area contributed by atoms with Gasteiger partial charge < -0.3 is 4.74 Å². The van der Waals surface area contributed by atoms with Gasteiger partial charge in [0.05, 0.1) is 17.3 Å². The predicted octanol–water partition coefficient (Wildman–Crippen LogP) is 2.51. The zero-order valence-electron chi connectivity index (χ0n) is 12.1. The number of benzene rings is 1. The summed E-state index contributed by atoms with van der Waals surface area (Å²) in [5, 5.41) is 21.6. The fourth-order valence-electron chi connectivity index (χ4n) is 2.05. The Labute approximate surface area is 135 Å². The average Bonchev–Trinajstić information content (AvgIpc) is 3.25. The minimum Gasteiger partial charge on any atom is -0.454 e. The molecule has 0 radical (unpaired) electrons. The molecular formula is C15H11N5O2S. The minimum absolute atomic E-state index is 0.417. The number of thiophene rings is 1. The van der Waals surface area contributed by atoms with E-state index < -0.39 is 12.1 Å². The summed E-state index contributed by atoms with van der Waals surface area (Å²) < 4.78 is 6.91. The van der Waals surface area contributed by atoms with Gasteiger partial charge in [0.25, 0.3) is 0 Å². The van der Waals surface area contributed by atoms with Crippen LogP contribution < -0.4 is 0 Å². The van der Waals surface area contributed by atoms with Crippen LogP contribution in [0.3, 0.4) is 0 Å². The summed E-state index contributed by atoms with van der Waals surface area (Å²) in [7, 11) is 0. The molecule has 0 aliphatic rings. The van der Waals surface area contributed by atoms with E-state index in [0.717, 1.165) is 5.56 Å². The molecule has 3 aromatic rings. The Hall–Kier alpha value is -3.05. The molecule has 1 atom stereocenters. The molecule has 0 N–H and O–H groups in total. The fourth-order valence-corrected chi connectivity index (χ4v) is 2.81. The number of tetrazole rings is 1. The lowest BCUT2D eigenvalue weighted by molar-refractivity contribution is 0.0343. The number of ether oxygens (including phenoxy) is 1. The lowest BCUT2D eigenvalue weighted by Crippen LogP contribution is -2.10. The molecule has 0 saturated carbocycles. The van der Waals surface area contributed by atoms with E-state index in [1.54, 1.807) is 36.6 Å². The van der Waals surface area contributed by atoms with Crippen molar-refractivity contribution < 1.29 is 9.53 Å². The number of aromatic nitrogens is 4. The van der Waals surface area contributed by atoms with Crippen molar-refractivity contribution in [3.05, 3.63) is 58.0 Å². The second-order valence-electron chi connectivity index (χ2n) is 4.67. The summed E-state index contributed by atoms with van der Waals surface area (Å²) in [4.78, 5) is 12.8. The molecule has 0 spiro atoms. The number of esters is 1. The average molecular weight is 325 g/mol. The second-order valence-corrected chi connectivity index (χ2v) is 5.59. The molecule has 1 aromatic carbocycles. The Morgan fingerprint density at radius 1 is 1.43 bits per heavy atom. The Bertz CT molecular complexity index is 866. The van der Waals surface area contributed by atoms with Crippen LogP contribution >= 0.6 is 11.3 Å². The zero-order chi connectivity index (χ0) is 16.2. The predicted molar refractivity (Wildman–Crippen MR) is 82.0 cm³/mol. The van der Waals surface area contributed by atoms with Crippen molar-refractivity contribution in [1.82, 2.24) is 20.2 Å². The van der Waals surface area contributed by atoms with Gasteiger partial charge in [-0.2, -0.15) is 9.94 Å². The first-order valence-corrected chi connectivity index (χ1v) is 7.59. The number of nitrogens with zero attached hydrogens (tertiary/aromatic N) is 5. The largest absolute Gasteiger partial charge is 0.454 e. The molecule has 2 aromatic heterocycles. The first-order valence-electron chi connectivity index (χ1n) is 6.71. The Kier molecular flexibility index (Phi) is 4.12. The monoisotopic (exact) mass is 325 g/mol. The number of nitriles is 1. The molecule has 23 heavy (non-hydrogen) atoms. The van der Waals surface area contributed by atoms with Gasteiger partial charge in [0.2, 0.25) is 0 Å². The summed E-state index contributed by atoms with van der Waals surface area (Å²) in [6.45, 7) is 1.76. The van der Waals surface area contributed by atoms with Crippen LogP contribution in [0, 0.1) is 11.3 Å². The molecule has 0 bridgehead atoms. The molecular weight excluding hydrogens is 314 g/mol. The molecule has 0 aliphatic carbocycles. The smallest absolute Gasteiger partial charge is 0.351 e. The van der Waals surface area contributed by atoms with E-state index in [9.17, 15) is 4.79 Å². The molecule has 8 heteroatoms. The van der Waals surface area contributed by atoms with E-state index in [-0.39, 0.29) is 0 Å². The third kappa shape index (κ3) is 3.09. The standard InChI is InChI=1S/C15H11N5O2S/c1-10(12-4-2-3-11(7-12)8-16)22-15(21)14-13(5-6-23-14)20-9-17-18-19-20/h2-7,9-10H,1H3/t10-/m0/s1. The van der Waals surface area contributed by atoms with Gasteiger partial charge in [-0.25, -0.2) is 4.79 Å². The van der Waals surface area contributed by atoms with Crippen LogP contribution in [0.5, 0.6) is 0 Å². The second kappa shape index (κ2) is 6.37. The summed E-state index contributed by atoms with van der Waals surface area (Å²) in [6.07, 6.45) is 0.943. The van der Waals surface area contributed by atoms with E-state index in [4.69, 9.17) is 10.00 Å². The fraction of sp³-hybridized carbons (Fsp3) is 0.133. The topological polar surface area (TPSA) is 93.7 Å². The van der Waals surface area contributed by atoms with Crippen molar-refractivity contribution >= 4 is 17.3 Å². The van der Waals surface area contributed by atoms with Crippen molar-refractivity contribution in [1.29, 1.82) is 5.26 Å². The molecule has 0 unspecified atom stereocenters. The maximum Gasteiger partial charge on any atom is 0.351 e. The Morgan fingerprint density at radius 2 is 2.30 bits per heavy atom. The van der Waals surface area contributed by atoms with Gasteiger partial charge in [0.15, 0.2) is 0 Å². The molecule has 0 fully saturated rings. The highest BCUT2D eigenvalue weighted by Gasteiger charge is 2.20. The molecule has 0 saturated heterocycles. The number of hydrogen-bond acceptors (Lipinski definition) is 7. The van der Waals surface area contributed by atoms with Crippen LogP contribution in [0.4, 0.5) is 0 Å². The van der Waals surface area contributed by atoms with E-state index in [0.29, 0.717) is 16.1 Å². The highest BCUT2D eigenvalue weighted by molar-refractivity contribution is 7.12. The van der Waals surface area contributed by atoms with Crippen molar-refractivity contribution in [2.45, 2.75) is 13.0 Å². The summed E-state index contributed by atoms with van der Waals surface area (Å²) in [5.41, 5.74) is 1.86. The molecule has 3 rings (SSSR count). The number of rotatable bonds is 4. The summed E-state index contributed by atoms with van der Waals surface area (Å²) >= 11 is 1.26. The van der Waals surface area contributed by atoms with E-state index in [1.807, 2.05) is 6.07 Å². The van der Waals surface area contributed by atoms with Gasteiger partial charge in [-0.1, -0.05) is 12.1 Å². The van der Waals surface area contributed by atoms with Gasteiger partial charge in [-0.3, -0.25) is 0 Å². The van der Waals surface area contributed by atoms with Crippen LogP contribution in [0.1, 0.15) is 33.8 Å². The van der Waals surface area contributed by atoms with Gasteiger partial charge >= 0.3 is 5.97 Å². The molecule has 0 aliphatic heterocycles. The zero-order valence-corrected chi connectivity index (χ0v) is 12.9. The van der Waals surface area contributed by atoms with E-state index in [1.165, 1.54) is 22.3 Å². The maximum absolute atomic E-state index is 12.4. The highest BCUT2D eigenvalue weighted by Crippen LogP contribution is 2.25. The third-order valence-electron chi connectivity index (χ3n) is 3.19. The van der Waals surface area contributed by atoms with Crippen molar-refractivity contribution in [3.8, 4) is 11.8 Å². The van der Waals surface area contributed by atoms with Crippen molar-refractivity contribution in [2.24, 2.45) is 0 Å². The van der Waals surface area contributed by atoms with Crippen LogP contribution in [0.15, 0.2) is 42.0 Å². The van der Waals surface area contributed by atoms with Gasteiger partial charge in [-0.15, -0.1) is 16.4 Å². The number of carbonyl (C=O) groups excluding carboxylic acids is 1. The SMILES string of the molecule is C[C@H](OC(=O)c1sccc1-n1cnnn1)c1cccc(C#N)c1. The number of carbonyl (C=O) groups is 1. The van der Waals surface area contributed by atoms with Crippen molar-refractivity contribution in [2.75, 3.05) is 0 Å². The van der Waals surface area contributed by atoms with Crippen LogP contribution in [-0.4, -0.2) is 26.2 Å². The Balaban J connectivity index is 1.80. The molecule has 7 nitrogen and oxygen atoms in total. The van der Waals surface area contributed by atoms with Gasteiger partial charge in [0.1, 0.15) is 17.3 Å². The van der Waals surface area contributed by atoms with Crippen LogP contribution in [-0.2, 0) is 4.74 Å². The van der Waals surface area contributed by atoms with Gasteiger partial charge in [0, 0.05) is 0 Å². The summed E-state index contributed by atoms with van der Waals surface area (Å²) in [6, 6.07) is 10.8. The Morgan fingerprint density at radius 3 is 3.04 bits per heavy atom. The molecule has 114 valence electrons. The van der Waals surface area contributed by atoms with E-state index >= 15 is 0 Å². The third-order valence-corrected chi connectivity index (χ3v) is 4.08. The van der Waals surface area contributed by atoms with Gasteiger partial charge in [-0.05, 0) is 46.5 Å². The first kappa shape index (κ1) is 14.9. The van der Waals surface area contributed by atoms with Crippen molar-refractivity contribution in [3.63, 3.8) is 0 Å². The number of hydrogen-bond donors (Lipinski definition) is 0. The van der Waals surface area contributed by atoms with Crippen LogP contribution in [0.25, 0.3) is 5.69 Å². The van der Waals surface area contributed by atoms with E-state index in [2.05, 4.69) is 21.6 Å². The molecule has 0 amide bonds. The lowest BCUT2D eigenvalue weighted by atomic mass is 10.1. The molecule has 2 heterocycles. The summed E-state index contributed by atoms with van der Waals surface area (Å²) in [5.74, 6) is -0.458. The quantitative estimate of drug-likeness (QED) is 0.684. The van der Waals surface area contributed by atoms with Crippen LogP contribution in [0.2, 0.25) is 0 Å². The highest BCUT2D eigenvalue weighted by atomic mass is 32.1. The minimum atomic E-state index is -0.473. The normalized spacial score (nSPS) is 11.7.